The number of halogens is 2. The molecule has 1 saturated carbocycles. The fraction of sp³-hybridized carbons (Fsp3) is 0.571. The average Bonchev–Trinajstić information content (AvgIpc) is 2.28. The molecular formula is C14H20ClFN2. The predicted octanol–water partition coefficient (Wildman–Crippen LogP) is 4.44. The highest BCUT2D eigenvalue weighted by atomic mass is 35.5. The number of hydrogen-bond acceptors (Lipinski definition) is 2. The van der Waals surface area contributed by atoms with Gasteiger partial charge in [0, 0.05) is 12.1 Å². The molecule has 2 rings (SSSR count). The first-order chi connectivity index (χ1) is 8.40. The maximum absolute atomic E-state index is 13.3. The van der Waals surface area contributed by atoms with Crippen molar-refractivity contribution in [2.24, 2.45) is 5.41 Å². The van der Waals surface area contributed by atoms with Gasteiger partial charge < -0.3 is 11.1 Å². The van der Waals surface area contributed by atoms with Crippen LogP contribution in [-0.2, 0) is 0 Å². The Balaban J connectivity index is 2.20. The second-order valence-corrected chi connectivity index (χ2v) is 6.19. The molecule has 1 unspecified atom stereocenters. The van der Waals surface area contributed by atoms with Crippen molar-refractivity contribution in [2.75, 3.05) is 11.1 Å². The molecule has 0 amide bonds. The molecule has 1 aliphatic rings. The molecule has 1 aliphatic carbocycles. The maximum atomic E-state index is 13.3. The van der Waals surface area contributed by atoms with E-state index in [-0.39, 0.29) is 10.4 Å². The highest BCUT2D eigenvalue weighted by Gasteiger charge is 2.32. The van der Waals surface area contributed by atoms with Gasteiger partial charge in [0.25, 0.3) is 0 Å². The van der Waals surface area contributed by atoms with E-state index >= 15 is 0 Å². The zero-order valence-electron chi connectivity index (χ0n) is 10.9. The summed E-state index contributed by atoms with van der Waals surface area (Å²) >= 11 is 5.80. The lowest BCUT2D eigenvalue weighted by Crippen LogP contribution is -2.39. The highest BCUT2D eigenvalue weighted by molar-refractivity contribution is 6.31. The fourth-order valence-corrected chi connectivity index (χ4v) is 2.80. The Bertz CT molecular complexity index is 446. The molecule has 1 fully saturated rings. The summed E-state index contributed by atoms with van der Waals surface area (Å²) in [4.78, 5) is 0. The summed E-state index contributed by atoms with van der Waals surface area (Å²) < 4.78 is 13.3. The molecule has 0 bridgehead atoms. The topological polar surface area (TPSA) is 38.0 Å². The summed E-state index contributed by atoms with van der Waals surface area (Å²) in [5, 5.41) is 3.54. The lowest BCUT2D eigenvalue weighted by Gasteiger charge is -2.39. The van der Waals surface area contributed by atoms with Crippen LogP contribution in [0.4, 0.5) is 15.8 Å². The second-order valence-electron chi connectivity index (χ2n) is 5.78. The largest absolute Gasteiger partial charge is 0.397 e. The number of nitrogens with two attached hydrogens (primary N) is 1. The number of nitrogen functional groups attached to an aromatic ring is 1. The Morgan fingerprint density at radius 1 is 1.39 bits per heavy atom. The molecule has 0 radical (unpaired) electrons. The smallest absolute Gasteiger partial charge is 0.143 e. The zero-order chi connectivity index (χ0) is 13.3. The number of hydrogen-bond donors (Lipinski definition) is 2. The van der Waals surface area contributed by atoms with Gasteiger partial charge >= 0.3 is 0 Å². The summed E-state index contributed by atoms with van der Waals surface area (Å²) in [6.45, 7) is 4.51. The number of anilines is 2. The van der Waals surface area contributed by atoms with Crippen molar-refractivity contribution in [2.45, 2.75) is 45.6 Å². The molecule has 1 aromatic rings. The highest BCUT2D eigenvalue weighted by Crippen LogP contribution is 2.38. The van der Waals surface area contributed by atoms with Crippen molar-refractivity contribution in [3.05, 3.63) is 23.0 Å². The Kier molecular flexibility index (Phi) is 3.71. The summed E-state index contributed by atoms with van der Waals surface area (Å²) in [6.07, 6.45) is 4.79. The van der Waals surface area contributed by atoms with Crippen molar-refractivity contribution < 1.29 is 4.39 Å². The molecule has 1 atom stereocenters. The van der Waals surface area contributed by atoms with E-state index in [1.165, 1.54) is 25.3 Å². The van der Waals surface area contributed by atoms with Crippen molar-refractivity contribution >= 4 is 23.0 Å². The Labute approximate surface area is 113 Å². The van der Waals surface area contributed by atoms with E-state index in [0.717, 1.165) is 12.1 Å². The van der Waals surface area contributed by atoms with Crippen LogP contribution in [0.15, 0.2) is 12.1 Å². The van der Waals surface area contributed by atoms with Crippen LogP contribution >= 0.6 is 11.6 Å². The van der Waals surface area contributed by atoms with Gasteiger partial charge in [0.05, 0.1) is 16.4 Å². The SMILES string of the molecule is CC1(C)CCCCC1Nc1cc(Cl)c(F)cc1N. The van der Waals surface area contributed by atoms with Crippen LogP contribution in [0.25, 0.3) is 0 Å². The first-order valence-electron chi connectivity index (χ1n) is 6.41. The van der Waals surface area contributed by atoms with Crippen LogP contribution in [0.1, 0.15) is 39.5 Å². The molecule has 3 N–H and O–H groups in total. The molecule has 1 aromatic carbocycles. The van der Waals surface area contributed by atoms with E-state index in [9.17, 15) is 4.39 Å². The molecule has 18 heavy (non-hydrogen) atoms. The van der Waals surface area contributed by atoms with Crippen molar-refractivity contribution in [1.82, 2.24) is 0 Å². The molecule has 0 spiro atoms. The van der Waals surface area contributed by atoms with Crippen molar-refractivity contribution in [3.63, 3.8) is 0 Å². The monoisotopic (exact) mass is 270 g/mol. The summed E-state index contributed by atoms with van der Waals surface area (Å²) in [5.41, 5.74) is 7.22. The second kappa shape index (κ2) is 4.96. The van der Waals surface area contributed by atoms with Gasteiger partial charge in [-0.2, -0.15) is 0 Å². The van der Waals surface area contributed by atoms with E-state index in [1.54, 1.807) is 6.07 Å². The molecule has 0 aliphatic heterocycles. The van der Waals surface area contributed by atoms with Gasteiger partial charge in [0.2, 0.25) is 0 Å². The van der Waals surface area contributed by atoms with Gasteiger partial charge in [0.15, 0.2) is 0 Å². The molecule has 0 saturated heterocycles. The minimum absolute atomic E-state index is 0.111. The minimum Gasteiger partial charge on any atom is -0.397 e. The van der Waals surface area contributed by atoms with E-state index in [2.05, 4.69) is 19.2 Å². The van der Waals surface area contributed by atoms with Gasteiger partial charge in [-0.05, 0) is 24.3 Å². The van der Waals surface area contributed by atoms with Gasteiger partial charge in [-0.3, -0.25) is 0 Å². The fourth-order valence-electron chi connectivity index (χ4n) is 2.64. The average molecular weight is 271 g/mol. The third-order valence-corrected chi connectivity index (χ3v) is 4.22. The standard InChI is InChI=1S/C14H20ClFN2/c1-14(2)6-4-3-5-13(14)18-12-7-9(15)10(16)8-11(12)17/h7-8,13,18H,3-6,17H2,1-2H3. The van der Waals surface area contributed by atoms with Crippen LogP contribution in [0.5, 0.6) is 0 Å². The van der Waals surface area contributed by atoms with Crippen molar-refractivity contribution in [1.29, 1.82) is 0 Å². The van der Waals surface area contributed by atoms with Crippen LogP contribution in [0.3, 0.4) is 0 Å². The molecule has 0 aromatic heterocycles. The minimum atomic E-state index is -0.470. The number of rotatable bonds is 2. The van der Waals surface area contributed by atoms with Crippen LogP contribution in [0.2, 0.25) is 5.02 Å². The van der Waals surface area contributed by atoms with Gasteiger partial charge in [-0.25, -0.2) is 4.39 Å². The molecule has 0 heterocycles. The van der Waals surface area contributed by atoms with Crippen LogP contribution < -0.4 is 11.1 Å². The first-order valence-corrected chi connectivity index (χ1v) is 6.79. The Hall–Kier alpha value is -0.960. The summed E-state index contributed by atoms with van der Waals surface area (Å²) in [6, 6.07) is 3.22. The normalized spacial score (nSPS) is 22.8. The number of benzene rings is 1. The third kappa shape index (κ3) is 2.72. The van der Waals surface area contributed by atoms with Crippen molar-refractivity contribution in [3.8, 4) is 0 Å². The van der Waals surface area contributed by atoms with Gasteiger partial charge in [-0.15, -0.1) is 0 Å². The summed E-state index contributed by atoms with van der Waals surface area (Å²) in [5.74, 6) is -0.470. The molecule has 100 valence electrons. The first kappa shape index (κ1) is 13.5. The maximum Gasteiger partial charge on any atom is 0.143 e. The van der Waals surface area contributed by atoms with Crippen LogP contribution in [0, 0.1) is 11.2 Å². The Morgan fingerprint density at radius 2 is 2.11 bits per heavy atom. The molecular weight excluding hydrogens is 251 g/mol. The third-order valence-electron chi connectivity index (χ3n) is 3.93. The van der Waals surface area contributed by atoms with Crippen LogP contribution in [-0.4, -0.2) is 6.04 Å². The van der Waals surface area contributed by atoms with Gasteiger partial charge in [-0.1, -0.05) is 38.3 Å². The lowest BCUT2D eigenvalue weighted by molar-refractivity contribution is 0.217. The quantitative estimate of drug-likeness (QED) is 0.780. The molecule has 2 nitrogen and oxygen atoms in total. The van der Waals surface area contributed by atoms with E-state index < -0.39 is 5.82 Å². The zero-order valence-corrected chi connectivity index (χ0v) is 11.6. The predicted molar refractivity (Wildman–Crippen MR) is 75.5 cm³/mol. The van der Waals surface area contributed by atoms with E-state index in [0.29, 0.717) is 11.7 Å². The van der Waals surface area contributed by atoms with E-state index in [1.807, 2.05) is 0 Å². The number of nitrogens with one attached hydrogen (secondary N) is 1. The lowest BCUT2D eigenvalue weighted by atomic mass is 9.73. The molecule has 4 heteroatoms. The Morgan fingerprint density at radius 3 is 2.78 bits per heavy atom. The summed E-state index contributed by atoms with van der Waals surface area (Å²) in [7, 11) is 0. The van der Waals surface area contributed by atoms with Gasteiger partial charge in [0.1, 0.15) is 5.82 Å². The van der Waals surface area contributed by atoms with E-state index in [4.69, 9.17) is 17.3 Å².